The minimum absolute atomic E-state index is 0.0914. The van der Waals surface area contributed by atoms with Crippen LogP contribution in [-0.4, -0.2) is 78.8 Å². The van der Waals surface area contributed by atoms with Crippen molar-refractivity contribution in [2.24, 2.45) is 11.8 Å². The van der Waals surface area contributed by atoms with Gasteiger partial charge in [0.1, 0.15) is 11.9 Å². The fourth-order valence-corrected chi connectivity index (χ4v) is 7.50. The average Bonchev–Trinajstić information content (AvgIpc) is 3.48. The maximum absolute atomic E-state index is 14.5. The molecule has 2 N–H and O–H groups in total. The largest absolute Gasteiger partial charge is 0.361 e. The van der Waals surface area contributed by atoms with Crippen LogP contribution in [0.2, 0.25) is 5.02 Å². The van der Waals surface area contributed by atoms with Crippen LogP contribution in [0.4, 0.5) is 10.1 Å². The Morgan fingerprint density at radius 2 is 1.77 bits per heavy atom. The summed E-state index contributed by atoms with van der Waals surface area (Å²) in [6, 6.07) is 18.9. The molecule has 0 radical (unpaired) electrons. The molecule has 10 heteroatoms. The van der Waals surface area contributed by atoms with E-state index in [0.29, 0.717) is 37.5 Å². The highest BCUT2D eigenvalue weighted by atomic mass is 35.5. The first kappa shape index (κ1) is 33.7. The summed E-state index contributed by atoms with van der Waals surface area (Å²) in [6.45, 7) is 2.41. The molecule has 6 rings (SSSR count). The molecule has 1 fully saturated rings. The molecule has 3 amide bonds. The first-order valence-corrected chi connectivity index (χ1v) is 17.2. The molecule has 1 aromatic heterocycles. The number of nitrogens with one attached hydrogen (secondary N) is 2. The highest BCUT2D eigenvalue weighted by molar-refractivity contribution is 6.30. The van der Waals surface area contributed by atoms with E-state index in [-0.39, 0.29) is 41.5 Å². The molecule has 48 heavy (non-hydrogen) atoms. The third kappa shape index (κ3) is 7.74. The number of H-pyrrole nitrogens is 1. The van der Waals surface area contributed by atoms with Crippen molar-refractivity contribution in [2.75, 3.05) is 45.2 Å². The lowest BCUT2D eigenvalue weighted by atomic mass is 9.90. The number of anilines is 1. The van der Waals surface area contributed by atoms with Crippen LogP contribution in [0.3, 0.4) is 0 Å². The van der Waals surface area contributed by atoms with Gasteiger partial charge in [0.2, 0.25) is 11.8 Å². The van der Waals surface area contributed by atoms with Crippen molar-refractivity contribution in [1.29, 1.82) is 0 Å². The van der Waals surface area contributed by atoms with Crippen LogP contribution < -0.4 is 10.2 Å². The van der Waals surface area contributed by atoms with Gasteiger partial charge in [-0.25, -0.2) is 4.39 Å². The number of hydrogen-bond acceptors (Lipinski definition) is 4. The van der Waals surface area contributed by atoms with Gasteiger partial charge in [0.05, 0.1) is 5.56 Å². The number of aromatic amines is 1. The number of carbonyl (C=O) groups is 3. The Kier molecular flexibility index (Phi) is 10.5. The Morgan fingerprint density at radius 3 is 2.54 bits per heavy atom. The first-order chi connectivity index (χ1) is 23.2. The van der Waals surface area contributed by atoms with Crippen molar-refractivity contribution in [3.8, 4) is 0 Å². The van der Waals surface area contributed by atoms with Gasteiger partial charge in [-0.05, 0) is 99.1 Å². The van der Waals surface area contributed by atoms with Crippen molar-refractivity contribution < 1.29 is 18.8 Å². The highest BCUT2D eigenvalue weighted by Gasteiger charge is 2.34. The van der Waals surface area contributed by atoms with Gasteiger partial charge in [-0.2, -0.15) is 0 Å². The van der Waals surface area contributed by atoms with Crippen molar-refractivity contribution in [1.82, 2.24) is 20.1 Å². The van der Waals surface area contributed by atoms with Gasteiger partial charge in [-0.15, -0.1) is 0 Å². The van der Waals surface area contributed by atoms with E-state index in [1.807, 2.05) is 67.7 Å². The molecule has 2 aliphatic rings. The number of likely N-dealkylation sites (tertiary alicyclic amines) is 1. The van der Waals surface area contributed by atoms with E-state index in [1.54, 1.807) is 17.0 Å². The molecule has 2 atom stereocenters. The normalized spacial score (nSPS) is 17.4. The summed E-state index contributed by atoms with van der Waals surface area (Å²) >= 11 is 6.39. The maximum atomic E-state index is 14.5. The number of nitrogens with zero attached hydrogens (tertiary/aromatic N) is 3. The van der Waals surface area contributed by atoms with E-state index < -0.39 is 11.9 Å². The lowest BCUT2D eigenvalue weighted by Gasteiger charge is -2.37. The Balaban J connectivity index is 1.15. The summed E-state index contributed by atoms with van der Waals surface area (Å²) in [5.74, 6) is -0.638. The topological polar surface area (TPSA) is 88.8 Å². The molecule has 1 saturated heterocycles. The number of para-hydroxylation sites is 1. The Labute approximate surface area is 286 Å². The molecule has 0 bridgehead atoms. The highest BCUT2D eigenvalue weighted by Crippen LogP contribution is 2.33. The zero-order chi connectivity index (χ0) is 33.8. The van der Waals surface area contributed by atoms with Gasteiger partial charge in [0.25, 0.3) is 5.91 Å². The minimum atomic E-state index is -0.765. The van der Waals surface area contributed by atoms with E-state index in [1.165, 1.54) is 12.1 Å². The lowest BCUT2D eigenvalue weighted by Crippen LogP contribution is -2.53. The molecule has 3 heterocycles. The Hall–Kier alpha value is -4.21. The zero-order valence-corrected chi connectivity index (χ0v) is 28.3. The molecule has 4 aromatic rings. The third-order valence-corrected chi connectivity index (χ3v) is 9.92. The molecular weight excluding hydrogens is 629 g/mol. The summed E-state index contributed by atoms with van der Waals surface area (Å²) in [6.07, 6.45) is 5.50. The number of halogens is 2. The van der Waals surface area contributed by atoms with Crippen LogP contribution in [0.15, 0.2) is 72.9 Å². The van der Waals surface area contributed by atoms with Crippen LogP contribution in [0.5, 0.6) is 0 Å². The number of fused-ring (bicyclic) bond motifs is 2. The number of hydrogen-bond donors (Lipinski definition) is 2. The van der Waals surface area contributed by atoms with E-state index in [2.05, 4.69) is 15.2 Å². The predicted molar refractivity (Wildman–Crippen MR) is 188 cm³/mol. The number of piperidine rings is 1. The quantitative estimate of drug-likeness (QED) is 0.214. The third-order valence-electron chi connectivity index (χ3n) is 9.69. The smallest absolute Gasteiger partial charge is 0.256 e. The van der Waals surface area contributed by atoms with Crippen LogP contribution in [-0.2, 0) is 22.4 Å². The zero-order valence-electron chi connectivity index (χ0n) is 27.6. The lowest BCUT2D eigenvalue weighted by molar-refractivity contribution is -0.127. The van der Waals surface area contributed by atoms with Gasteiger partial charge in [0, 0.05) is 66.8 Å². The molecule has 3 aromatic carbocycles. The Bertz CT molecular complexity index is 1780. The van der Waals surface area contributed by atoms with Gasteiger partial charge in [-0.3, -0.25) is 14.4 Å². The number of benzene rings is 3. The van der Waals surface area contributed by atoms with E-state index in [0.717, 1.165) is 53.5 Å². The second-order valence-electron chi connectivity index (χ2n) is 13.5. The van der Waals surface area contributed by atoms with Crippen LogP contribution >= 0.6 is 11.6 Å². The molecule has 8 nitrogen and oxygen atoms in total. The van der Waals surface area contributed by atoms with Gasteiger partial charge < -0.3 is 25.0 Å². The number of rotatable bonds is 10. The molecule has 0 spiro atoms. The van der Waals surface area contributed by atoms with Crippen molar-refractivity contribution >= 4 is 45.9 Å². The SMILES string of the molecule is CN(C)C[C@@H]1Cc2cc(Cl)ccc2N(C(=O)[C@@H](Cc2c[nH]c3ccccc23)NC(=O)CCC2CCN(C(=O)c3ccccc3F)CC2)C1. The maximum Gasteiger partial charge on any atom is 0.256 e. The number of carbonyl (C=O) groups excluding carboxylic acids is 3. The van der Waals surface area contributed by atoms with E-state index in [4.69, 9.17) is 11.6 Å². The molecule has 2 aliphatic heterocycles. The van der Waals surface area contributed by atoms with Gasteiger partial charge >= 0.3 is 0 Å². The van der Waals surface area contributed by atoms with E-state index >= 15 is 0 Å². The van der Waals surface area contributed by atoms with Crippen molar-refractivity contribution in [3.05, 3.63) is 100 Å². The summed E-state index contributed by atoms with van der Waals surface area (Å²) in [4.78, 5) is 49.9. The van der Waals surface area contributed by atoms with Crippen LogP contribution in [0.1, 0.15) is 47.2 Å². The van der Waals surface area contributed by atoms with Crippen molar-refractivity contribution in [2.45, 2.75) is 44.6 Å². The number of aromatic nitrogens is 1. The molecule has 0 saturated carbocycles. The molecule has 0 aliphatic carbocycles. The molecule has 0 unspecified atom stereocenters. The average molecular weight is 672 g/mol. The number of amides is 3. The second-order valence-corrected chi connectivity index (χ2v) is 13.9. The second kappa shape index (κ2) is 14.9. The van der Waals surface area contributed by atoms with Gasteiger partial charge in [-0.1, -0.05) is 41.9 Å². The summed E-state index contributed by atoms with van der Waals surface area (Å²) in [5, 5.41) is 4.78. The monoisotopic (exact) mass is 671 g/mol. The summed E-state index contributed by atoms with van der Waals surface area (Å²) in [5.41, 5.74) is 3.91. The molecule has 252 valence electrons. The minimum Gasteiger partial charge on any atom is -0.361 e. The van der Waals surface area contributed by atoms with Crippen LogP contribution in [0, 0.1) is 17.7 Å². The molecular formula is C38H43ClFN5O3. The Morgan fingerprint density at radius 1 is 1.02 bits per heavy atom. The standard InChI is InChI=1S/C38H43ClFN5O3/c1-43(2)23-26-19-27-20-29(39)12-13-35(27)45(24-26)38(48)34(21-28-22-41-33-10-6-4-7-30(28)33)42-36(46)14-11-25-15-17-44(18-16-25)37(47)31-8-3-5-9-32(31)40/h3-10,12-13,20,22,25-26,34,41H,11,14-19,21,23-24H2,1-2H3,(H,42,46)/t26-,34+/m0/s1. The summed E-state index contributed by atoms with van der Waals surface area (Å²) in [7, 11) is 4.06. The fraction of sp³-hybridized carbons (Fsp3) is 0.395. The van der Waals surface area contributed by atoms with E-state index in [9.17, 15) is 18.8 Å². The predicted octanol–water partition coefficient (Wildman–Crippen LogP) is 6.09. The summed E-state index contributed by atoms with van der Waals surface area (Å²) < 4.78 is 14.2. The van der Waals surface area contributed by atoms with Crippen LogP contribution in [0.25, 0.3) is 10.9 Å². The first-order valence-electron chi connectivity index (χ1n) is 16.8. The fourth-order valence-electron chi connectivity index (χ4n) is 7.30. The van der Waals surface area contributed by atoms with Gasteiger partial charge in [0.15, 0.2) is 0 Å². The van der Waals surface area contributed by atoms with Crippen molar-refractivity contribution in [3.63, 3.8) is 0 Å².